The average molecular weight is 215 g/mol. The van der Waals surface area contributed by atoms with Gasteiger partial charge in [-0.15, -0.1) is 11.3 Å². The first-order chi connectivity index (χ1) is 7.25. The van der Waals surface area contributed by atoms with Crippen molar-refractivity contribution >= 4 is 43.8 Å². The van der Waals surface area contributed by atoms with Gasteiger partial charge in [-0.25, -0.2) is 4.98 Å². The number of rotatable bonds is 0. The van der Waals surface area contributed by atoms with Crippen molar-refractivity contribution < 1.29 is 0 Å². The van der Waals surface area contributed by atoms with Gasteiger partial charge in [0, 0.05) is 16.5 Å². The van der Waals surface area contributed by atoms with E-state index in [9.17, 15) is 0 Å². The molecular weight excluding hydrogens is 206 g/mol. The summed E-state index contributed by atoms with van der Waals surface area (Å²) in [5.41, 5.74) is 12.4. The summed E-state index contributed by atoms with van der Waals surface area (Å²) in [5.74, 6) is 0.569. The molecule has 0 bridgehead atoms. The van der Waals surface area contributed by atoms with Crippen molar-refractivity contribution in [1.29, 1.82) is 0 Å². The minimum Gasteiger partial charge on any atom is -0.399 e. The SMILES string of the molecule is Nc1ccc2c(N)nc3sccc3c2c1. The summed E-state index contributed by atoms with van der Waals surface area (Å²) in [7, 11) is 0. The van der Waals surface area contributed by atoms with E-state index < -0.39 is 0 Å². The molecule has 15 heavy (non-hydrogen) atoms. The third kappa shape index (κ3) is 1.15. The summed E-state index contributed by atoms with van der Waals surface area (Å²) in [6, 6.07) is 7.76. The molecule has 4 N–H and O–H groups in total. The molecule has 0 saturated heterocycles. The van der Waals surface area contributed by atoms with Gasteiger partial charge in [-0.3, -0.25) is 0 Å². The molecule has 3 rings (SSSR count). The van der Waals surface area contributed by atoms with Gasteiger partial charge in [-0.05, 0) is 35.0 Å². The molecular formula is C11H9N3S. The second kappa shape index (κ2) is 2.84. The maximum Gasteiger partial charge on any atom is 0.133 e. The highest BCUT2D eigenvalue weighted by Gasteiger charge is 2.06. The Kier molecular flexibility index (Phi) is 1.61. The summed E-state index contributed by atoms with van der Waals surface area (Å²) in [6.45, 7) is 0. The number of pyridine rings is 1. The fourth-order valence-corrected chi connectivity index (χ4v) is 2.56. The second-order valence-corrected chi connectivity index (χ2v) is 4.34. The number of benzene rings is 1. The topological polar surface area (TPSA) is 64.9 Å². The number of hydrogen-bond donors (Lipinski definition) is 2. The van der Waals surface area contributed by atoms with E-state index in [0.29, 0.717) is 5.82 Å². The predicted octanol–water partition coefficient (Wildman–Crippen LogP) is 2.61. The van der Waals surface area contributed by atoms with Crippen LogP contribution in [0.15, 0.2) is 29.6 Å². The van der Waals surface area contributed by atoms with E-state index in [2.05, 4.69) is 4.98 Å². The van der Waals surface area contributed by atoms with Crippen molar-refractivity contribution in [2.45, 2.75) is 0 Å². The van der Waals surface area contributed by atoms with Crippen molar-refractivity contribution in [2.24, 2.45) is 0 Å². The van der Waals surface area contributed by atoms with Crippen molar-refractivity contribution in [3.05, 3.63) is 29.6 Å². The smallest absolute Gasteiger partial charge is 0.133 e. The van der Waals surface area contributed by atoms with Gasteiger partial charge in [0.15, 0.2) is 0 Å². The van der Waals surface area contributed by atoms with Gasteiger partial charge in [0.2, 0.25) is 0 Å². The first-order valence-electron chi connectivity index (χ1n) is 4.57. The molecule has 3 nitrogen and oxygen atoms in total. The molecule has 0 atom stereocenters. The van der Waals surface area contributed by atoms with Crippen LogP contribution in [0.4, 0.5) is 11.5 Å². The summed E-state index contributed by atoms with van der Waals surface area (Å²) >= 11 is 1.59. The lowest BCUT2D eigenvalue weighted by molar-refractivity contribution is 1.48. The van der Waals surface area contributed by atoms with Crippen LogP contribution < -0.4 is 11.5 Å². The lowest BCUT2D eigenvalue weighted by atomic mass is 10.1. The van der Waals surface area contributed by atoms with Gasteiger partial charge in [0.1, 0.15) is 10.6 Å². The number of fused-ring (bicyclic) bond motifs is 3. The number of nitrogens with two attached hydrogens (primary N) is 2. The van der Waals surface area contributed by atoms with Gasteiger partial charge in [-0.2, -0.15) is 0 Å². The Morgan fingerprint density at radius 2 is 1.87 bits per heavy atom. The zero-order chi connectivity index (χ0) is 10.4. The molecule has 0 amide bonds. The number of nitrogens with zero attached hydrogens (tertiary/aromatic N) is 1. The van der Waals surface area contributed by atoms with Crippen LogP contribution in [-0.2, 0) is 0 Å². The van der Waals surface area contributed by atoms with Gasteiger partial charge in [0.05, 0.1) is 0 Å². The third-order valence-corrected chi connectivity index (χ3v) is 3.28. The summed E-state index contributed by atoms with van der Waals surface area (Å²) in [5, 5.41) is 5.19. The number of hydrogen-bond acceptors (Lipinski definition) is 4. The van der Waals surface area contributed by atoms with Crippen LogP contribution >= 0.6 is 11.3 Å². The predicted molar refractivity (Wildman–Crippen MR) is 66.0 cm³/mol. The highest BCUT2D eigenvalue weighted by molar-refractivity contribution is 7.16. The Morgan fingerprint density at radius 1 is 1.00 bits per heavy atom. The number of anilines is 2. The molecule has 1 aromatic carbocycles. The van der Waals surface area contributed by atoms with E-state index in [1.54, 1.807) is 11.3 Å². The summed E-state index contributed by atoms with van der Waals surface area (Å²) < 4.78 is 0. The molecule has 0 spiro atoms. The maximum absolute atomic E-state index is 5.89. The van der Waals surface area contributed by atoms with Crippen LogP contribution in [0, 0.1) is 0 Å². The number of aromatic nitrogens is 1. The van der Waals surface area contributed by atoms with Gasteiger partial charge in [0.25, 0.3) is 0 Å². The van der Waals surface area contributed by atoms with Crippen LogP contribution in [0.3, 0.4) is 0 Å². The van der Waals surface area contributed by atoms with Crippen molar-refractivity contribution in [3.63, 3.8) is 0 Å². The van der Waals surface area contributed by atoms with Crippen LogP contribution in [0.25, 0.3) is 21.0 Å². The Bertz CT molecular complexity index is 657. The van der Waals surface area contributed by atoms with Gasteiger partial charge >= 0.3 is 0 Å². The molecule has 0 saturated carbocycles. The summed E-state index contributed by atoms with van der Waals surface area (Å²) in [6.07, 6.45) is 0. The van der Waals surface area contributed by atoms with Crippen molar-refractivity contribution in [2.75, 3.05) is 11.5 Å². The number of nitrogen functional groups attached to an aromatic ring is 2. The molecule has 0 radical (unpaired) electrons. The molecule has 3 aromatic rings. The molecule has 0 fully saturated rings. The number of thiophene rings is 1. The summed E-state index contributed by atoms with van der Waals surface area (Å²) in [4.78, 5) is 5.31. The Balaban J connectivity index is 2.63. The standard InChI is InChI=1S/C11H9N3S/c12-6-1-2-7-9(5-6)8-3-4-15-11(8)14-10(7)13/h1-5H,12H2,(H2,13,14). The van der Waals surface area contributed by atoms with Crippen LogP contribution in [0.1, 0.15) is 0 Å². The lowest BCUT2D eigenvalue weighted by Crippen LogP contribution is -1.92. The second-order valence-electron chi connectivity index (χ2n) is 3.44. The molecule has 4 heteroatoms. The van der Waals surface area contributed by atoms with Gasteiger partial charge < -0.3 is 11.5 Å². The minimum atomic E-state index is 0.569. The Hall–Kier alpha value is -1.81. The van der Waals surface area contributed by atoms with E-state index in [1.807, 2.05) is 29.6 Å². The molecule has 0 unspecified atom stereocenters. The zero-order valence-electron chi connectivity index (χ0n) is 7.90. The van der Waals surface area contributed by atoms with Crippen LogP contribution in [0.5, 0.6) is 0 Å². The van der Waals surface area contributed by atoms with E-state index in [0.717, 1.165) is 26.7 Å². The Morgan fingerprint density at radius 3 is 2.73 bits per heavy atom. The first kappa shape index (κ1) is 8.49. The maximum atomic E-state index is 5.89. The third-order valence-electron chi connectivity index (χ3n) is 2.48. The molecule has 2 heterocycles. The largest absolute Gasteiger partial charge is 0.399 e. The van der Waals surface area contributed by atoms with E-state index in [1.165, 1.54) is 0 Å². The van der Waals surface area contributed by atoms with E-state index in [-0.39, 0.29) is 0 Å². The van der Waals surface area contributed by atoms with E-state index in [4.69, 9.17) is 11.5 Å². The molecule has 74 valence electrons. The van der Waals surface area contributed by atoms with Crippen molar-refractivity contribution in [1.82, 2.24) is 4.98 Å². The molecule has 0 aliphatic carbocycles. The highest BCUT2D eigenvalue weighted by atomic mass is 32.1. The van der Waals surface area contributed by atoms with Crippen LogP contribution in [0.2, 0.25) is 0 Å². The fraction of sp³-hybridized carbons (Fsp3) is 0. The van der Waals surface area contributed by atoms with Crippen molar-refractivity contribution in [3.8, 4) is 0 Å². The zero-order valence-corrected chi connectivity index (χ0v) is 8.71. The highest BCUT2D eigenvalue weighted by Crippen LogP contribution is 2.31. The fourth-order valence-electron chi connectivity index (χ4n) is 1.77. The first-order valence-corrected chi connectivity index (χ1v) is 5.45. The normalized spacial score (nSPS) is 11.2. The average Bonchev–Trinajstić information content (AvgIpc) is 2.65. The van der Waals surface area contributed by atoms with E-state index >= 15 is 0 Å². The lowest BCUT2D eigenvalue weighted by Gasteiger charge is -2.03. The monoisotopic (exact) mass is 215 g/mol. The quantitative estimate of drug-likeness (QED) is 0.566. The van der Waals surface area contributed by atoms with Gasteiger partial charge in [-0.1, -0.05) is 0 Å². The molecule has 0 aliphatic heterocycles. The molecule has 2 aromatic heterocycles. The van der Waals surface area contributed by atoms with Crippen LogP contribution in [-0.4, -0.2) is 4.98 Å². The Labute approximate surface area is 90.3 Å². The minimum absolute atomic E-state index is 0.569. The molecule has 0 aliphatic rings.